The Kier molecular flexibility index (Phi) is 5.64. The summed E-state index contributed by atoms with van der Waals surface area (Å²) in [6.45, 7) is 4.56. The predicted molar refractivity (Wildman–Crippen MR) is 71.6 cm³/mol. The van der Waals surface area contributed by atoms with Gasteiger partial charge in [-0.1, -0.05) is 13.8 Å². The van der Waals surface area contributed by atoms with Crippen molar-refractivity contribution in [1.29, 1.82) is 0 Å². The molecule has 0 saturated heterocycles. The summed E-state index contributed by atoms with van der Waals surface area (Å²) in [4.78, 5) is 20.9. The summed E-state index contributed by atoms with van der Waals surface area (Å²) < 4.78 is 5.37. The summed E-state index contributed by atoms with van der Waals surface area (Å²) >= 11 is 1.72. The molecular formula is C12H15NO4S. The Balaban J connectivity index is 2.69. The molecule has 5 nitrogen and oxygen atoms in total. The first-order chi connectivity index (χ1) is 8.54. The van der Waals surface area contributed by atoms with E-state index in [1.165, 1.54) is 18.2 Å². The van der Waals surface area contributed by atoms with Crippen molar-refractivity contribution in [2.45, 2.75) is 19.1 Å². The van der Waals surface area contributed by atoms with Crippen LogP contribution in [-0.4, -0.2) is 28.8 Å². The topological polar surface area (TPSA) is 69.4 Å². The summed E-state index contributed by atoms with van der Waals surface area (Å²) in [7, 11) is 0. The van der Waals surface area contributed by atoms with Gasteiger partial charge < -0.3 is 4.74 Å². The highest BCUT2D eigenvalue weighted by Crippen LogP contribution is 2.27. The molecule has 0 fully saturated rings. The third kappa shape index (κ3) is 4.37. The zero-order chi connectivity index (χ0) is 13.5. The fourth-order valence-corrected chi connectivity index (χ4v) is 1.96. The van der Waals surface area contributed by atoms with Gasteiger partial charge >= 0.3 is 5.69 Å². The van der Waals surface area contributed by atoms with E-state index in [0.717, 1.165) is 5.75 Å². The van der Waals surface area contributed by atoms with E-state index in [1.807, 2.05) is 0 Å². The van der Waals surface area contributed by atoms with Crippen LogP contribution in [0.2, 0.25) is 0 Å². The van der Waals surface area contributed by atoms with E-state index in [2.05, 4.69) is 13.8 Å². The summed E-state index contributed by atoms with van der Waals surface area (Å²) in [5.74, 6) is 0.972. The molecule has 0 bridgehead atoms. The van der Waals surface area contributed by atoms with Gasteiger partial charge in [-0.3, -0.25) is 14.9 Å². The van der Waals surface area contributed by atoms with Crippen molar-refractivity contribution >= 4 is 23.7 Å². The molecule has 0 aliphatic rings. The minimum absolute atomic E-state index is 0.172. The van der Waals surface area contributed by atoms with Gasteiger partial charge in [-0.2, -0.15) is 11.8 Å². The van der Waals surface area contributed by atoms with Crippen molar-refractivity contribution in [3.05, 3.63) is 33.9 Å². The van der Waals surface area contributed by atoms with Crippen molar-refractivity contribution in [1.82, 2.24) is 0 Å². The highest BCUT2D eigenvalue weighted by atomic mass is 32.2. The van der Waals surface area contributed by atoms with Crippen molar-refractivity contribution < 1.29 is 14.5 Å². The normalized spacial score (nSPS) is 10.4. The lowest BCUT2D eigenvalue weighted by Gasteiger charge is -2.08. The number of ether oxygens (including phenoxy) is 1. The maximum Gasteiger partial charge on any atom is 0.311 e. The molecule has 0 aliphatic heterocycles. The molecule has 1 rings (SSSR count). The van der Waals surface area contributed by atoms with Gasteiger partial charge in [-0.25, -0.2) is 0 Å². The van der Waals surface area contributed by atoms with Gasteiger partial charge in [0, 0.05) is 17.4 Å². The molecule has 1 aromatic carbocycles. The number of thioether (sulfide) groups is 1. The van der Waals surface area contributed by atoms with E-state index in [0.29, 0.717) is 18.1 Å². The van der Waals surface area contributed by atoms with E-state index in [-0.39, 0.29) is 17.0 Å². The second-order valence-electron chi connectivity index (χ2n) is 3.87. The van der Waals surface area contributed by atoms with Crippen molar-refractivity contribution in [3.63, 3.8) is 0 Å². The molecule has 0 aromatic heterocycles. The van der Waals surface area contributed by atoms with Crippen LogP contribution in [0.1, 0.15) is 24.2 Å². The minimum atomic E-state index is -0.544. The molecule has 18 heavy (non-hydrogen) atoms. The largest absolute Gasteiger partial charge is 0.486 e. The third-order valence-corrected chi connectivity index (χ3v) is 3.18. The molecule has 6 heteroatoms. The van der Waals surface area contributed by atoms with Gasteiger partial charge in [0.15, 0.2) is 5.75 Å². The quantitative estimate of drug-likeness (QED) is 0.329. The summed E-state index contributed by atoms with van der Waals surface area (Å²) in [5, 5.41) is 11.3. The van der Waals surface area contributed by atoms with Gasteiger partial charge in [0.05, 0.1) is 11.5 Å². The molecule has 0 saturated carbocycles. The zero-order valence-electron chi connectivity index (χ0n) is 10.3. The number of carbonyl (C=O) groups excluding carboxylic acids is 1. The van der Waals surface area contributed by atoms with E-state index in [9.17, 15) is 14.9 Å². The van der Waals surface area contributed by atoms with Gasteiger partial charge in [-0.15, -0.1) is 0 Å². The Morgan fingerprint density at radius 3 is 2.78 bits per heavy atom. The van der Waals surface area contributed by atoms with Crippen LogP contribution in [0.5, 0.6) is 5.75 Å². The molecule has 98 valence electrons. The Bertz CT molecular complexity index is 434. The highest BCUT2D eigenvalue weighted by molar-refractivity contribution is 7.99. The maximum atomic E-state index is 10.8. The Labute approximate surface area is 110 Å². The van der Waals surface area contributed by atoms with Crippen LogP contribution in [0, 0.1) is 10.1 Å². The predicted octanol–water partition coefficient (Wildman–Crippen LogP) is 2.93. The minimum Gasteiger partial charge on any atom is -0.486 e. The summed E-state index contributed by atoms with van der Waals surface area (Å²) in [6.07, 6.45) is 0.575. The first kappa shape index (κ1) is 14.5. The van der Waals surface area contributed by atoms with Gasteiger partial charge in [0.25, 0.3) is 0 Å². The number of rotatable bonds is 7. The highest BCUT2D eigenvalue weighted by Gasteiger charge is 2.15. The molecule has 0 atom stereocenters. The standard InChI is InChI=1S/C12H15NO4S/c1-9(2)18-6-5-17-12-4-3-10(8-14)7-11(12)13(15)16/h3-4,7-9H,5-6H2,1-2H3. The lowest BCUT2D eigenvalue weighted by molar-refractivity contribution is -0.385. The molecule has 0 radical (unpaired) electrons. The third-order valence-electron chi connectivity index (χ3n) is 2.11. The molecule has 0 amide bonds. The number of aldehydes is 1. The second-order valence-corrected chi connectivity index (χ2v) is 5.55. The average Bonchev–Trinajstić information content (AvgIpc) is 2.34. The average molecular weight is 269 g/mol. The molecule has 1 aromatic rings. The van der Waals surface area contributed by atoms with E-state index < -0.39 is 4.92 Å². The summed E-state index contributed by atoms with van der Waals surface area (Å²) in [5.41, 5.74) is 0.0970. The first-order valence-electron chi connectivity index (χ1n) is 5.52. The summed E-state index contributed by atoms with van der Waals surface area (Å²) in [6, 6.07) is 4.19. The van der Waals surface area contributed by atoms with Crippen LogP contribution in [0.4, 0.5) is 5.69 Å². The van der Waals surface area contributed by atoms with Crippen molar-refractivity contribution in [2.24, 2.45) is 0 Å². The molecule has 0 N–H and O–H groups in total. The van der Waals surface area contributed by atoms with Gasteiger partial charge in [0.2, 0.25) is 0 Å². The van der Waals surface area contributed by atoms with Crippen LogP contribution < -0.4 is 4.74 Å². The molecule has 0 aliphatic carbocycles. The van der Waals surface area contributed by atoms with Crippen LogP contribution in [-0.2, 0) is 0 Å². The SMILES string of the molecule is CC(C)SCCOc1ccc(C=O)cc1[N+](=O)[O-]. The Morgan fingerprint density at radius 2 is 2.22 bits per heavy atom. The number of nitrogens with zero attached hydrogens (tertiary/aromatic N) is 1. The van der Waals surface area contributed by atoms with Crippen molar-refractivity contribution in [3.8, 4) is 5.75 Å². The smallest absolute Gasteiger partial charge is 0.311 e. The second kappa shape index (κ2) is 7.00. The Morgan fingerprint density at radius 1 is 1.50 bits per heavy atom. The Hall–Kier alpha value is -1.56. The van der Waals surface area contributed by atoms with Crippen LogP contribution in [0.25, 0.3) is 0 Å². The molecule has 0 unspecified atom stereocenters. The van der Waals surface area contributed by atoms with E-state index in [4.69, 9.17) is 4.74 Å². The maximum absolute atomic E-state index is 10.8. The number of nitro groups is 1. The molecule has 0 heterocycles. The van der Waals surface area contributed by atoms with Crippen LogP contribution in [0.15, 0.2) is 18.2 Å². The fraction of sp³-hybridized carbons (Fsp3) is 0.417. The van der Waals surface area contributed by atoms with E-state index >= 15 is 0 Å². The monoisotopic (exact) mass is 269 g/mol. The zero-order valence-corrected chi connectivity index (χ0v) is 11.1. The molecular weight excluding hydrogens is 254 g/mol. The van der Waals surface area contributed by atoms with Gasteiger partial charge in [-0.05, 0) is 17.4 Å². The lowest BCUT2D eigenvalue weighted by atomic mass is 10.2. The molecule has 0 spiro atoms. The lowest BCUT2D eigenvalue weighted by Crippen LogP contribution is -2.04. The van der Waals surface area contributed by atoms with Gasteiger partial charge in [0.1, 0.15) is 6.29 Å². The van der Waals surface area contributed by atoms with Crippen molar-refractivity contribution in [2.75, 3.05) is 12.4 Å². The number of benzene rings is 1. The fourth-order valence-electron chi connectivity index (χ4n) is 1.31. The first-order valence-corrected chi connectivity index (χ1v) is 6.57. The number of carbonyl (C=O) groups is 1. The number of hydrogen-bond donors (Lipinski definition) is 0. The number of hydrogen-bond acceptors (Lipinski definition) is 5. The van der Waals surface area contributed by atoms with E-state index in [1.54, 1.807) is 11.8 Å². The number of nitro benzene ring substituents is 1. The van der Waals surface area contributed by atoms with Crippen LogP contribution >= 0.6 is 11.8 Å². The van der Waals surface area contributed by atoms with Crippen LogP contribution in [0.3, 0.4) is 0 Å².